The van der Waals surface area contributed by atoms with Crippen LogP contribution >= 0.6 is 0 Å². The summed E-state index contributed by atoms with van der Waals surface area (Å²) in [4.78, 5) is 13.8. The van der Waals surface area contributed by atoms with E-state index in [4.69, 9.17) is 0 Å². The first-order chi connectivity index (χ1) is 10.3. The molecule has 0 unspecified atom stereocenters. The molecule has 2 aromatic rings. The van der Waals surface area contributed by atoms with E-state index < -0.39 is 40.4 Å². The standard InChI is InChI=1S/C15H10F5NO/c1-21(2)8-5-3-7(4-6-8)15(22)9-10(16)12(18)14(20)13(19)11(9)17/h3-6H,1-2H3. The van der Waals surface area contributed by atoms with Gasteiger partial charge in [-0.1, -0.05) is 0 Å². The van der Waals surface area contributed by atoms with Crippen molar-refractivity contribution in [1.29, 1.82) is 0 Å². The smallest absolute Gasteiger partial charge is 0.200 e. The lowest BCUT2D eigenvalue weighted by Crippen LogP contribution is -2.14. The Bertz CT molecular complexity index is 712. The summed E-state index contributed by atoms with van der Waals surface area (Å²) in [5, 5.41) is 0. The quantitative estimate of drug-likeness (QED) is 0.373. The molecule has 0 aliphatic heterocycles. The van der Waals surface area contributed by atoms with Crippen molar-refractivity contribution in [3.05, 3.63) is 64.5 Å². The molecule has 0 spiro atoms. The number of benzene rings is 2. The molecular formula is C15H10F5NO. The van der Waals surface area contributed by atoms with Crippen molar-refractivity contribution in [2.45, 2.75) is 0 Å². The van der Waals surface area contributed by atoms with Crippen LogP contribution in [0, 0.1) is 29.1 Å². The van der Waals surface area contributed by atoms with Gasteiger partial charge in [-0.25, -0.2) is 22.0 Å². The Morgan fingerprint density at radius 1 is 0.773 bits per heavy atom. The molecule has 2 rings (SSSR count). The summed E-state index contributed by atoms with van der Waals surface area (Å²) in [6, 6.07) is 5.46. The van der Waals surface area contributed by atoms with Gasteiger partial charge in [-0.15, -0.1) is 0 Å². The Morgan fingerprint density at radius 2 is 1.18 bits per heavy atom. The van der Waals surface area contributed by atoms with Crippen LogP contribution in [0.4, 0.5) is 27.6 Å². The second-order valence-electron chi connectivity index (χ2n) is 4.72. The molecule has 0 fully saturated rings. The summed E-state index contributed by atoms with van der Waals surface area (Å²) >= 11 is 0. The van der Waals surface area contributed by atoms with Gasteiger partial charge in [0.25, 0.3) is 0 Å². The maximum Gasteiger partial charge on any atom is 0.200 e. The number of rotatable bonds is 3. The highest BCUT2D eigenvalue weighted by Gasteiger charge is 2.30. The fraction of sp³-hybridized carbons (Fsp3) is 0.133. The molecule has 0 saturated heterocycles. The van der Waals surface area contributed by atoms with Crippen LogP contribution in [-0.4, -0.2) is 19.9 Å². The van der Waals surface area contributed by atoms with E-state index >= 15 is 0 Å². The number of anilines is 1. The number of ketones is 1. The Morgan fingerprint density at radius 3 is 1.59 bits per heavy atom. The van der Waals surface area contributed by atoms with Crippen LogP contribution in [0.3, 0.4) is 0 Å². The third-order valence-corrected chi connectivity index (χ3v) is 3.08. The Kier molecular flexibility index (Phi) is 4.16. The van der Waals surface area contributed by atoms with Gasteiger partial charge in [0.1, 0.15) is 5.56 Å². The molecule has 0 saturated carbocycles. The number of carbonyl (C=O) groups excluding carboxylic acids is 1. The third kappa shape index (κ3) is 2.54. The van der Waals surface area contributed by atoms with E-state index in [9.17, 15) is 26.7 Å². The lowest BCUT2D eigenvalue weighted by Gasteiger charge is -2.13. The van der Waals surface area contributed by atoms with Crippen LogP contribution in [0.1, 0.15) is 15.9 Å². The van der Waals surface area contributed by atoms with E-state index in [1.807, 2.05) is 0 Å². The second kappa shape index (κ2) is 5.75. The van der Waals surface area contributed by atoms with Crippen molar-refractivity contribution in [2.75, 3.05) is 19.0 Å². The lowest BCUT2D eigenvalue weighted by molar-refractivity contribution is 0.102. The average Bonchev–Trinajstić information content (AvgIpc) is 2.51. The molecule has 0 bridgehead atoms. The maximum atomic E-state index is 13.6. The minimum absolute atomic E-state index is 0.186. The Balaban J connectivity index is 2.55. The molecule has 0 amide bonds. The number of halogens is 5. The lowest BCUT2D eigenvalue weighted by atomic mass is 10.0. The molecule has 7 heteroatoms. The highest BCUT2D eigenvalue weighted by Crippen LogP contribution is 2.25. The van der Waals surface area contributed by atoms with E-state index in [2.05, 4.69) is 0 Å². The molecule has 0 radical (unpaired) electrons. The molecule has 0 atom stereocenters. The molecule has 0 N–H and O–H groups in total. The summed E-state index contributed by atoms with van der Waals surface area (Å²) < 4.78 is 66.4. The second-order valence-corrected chi connectivity index (χ2v) is 4.72. The molecule has 116 valence electrons. The molecule has 0 aliphatic rings. The zero-order valence-corrected chi connectivity index (χ0v) is 11.6. The maximum absolute atomic E-state index is 13.6. The van der Waals surface area contributed by atoms with Crippen molar-refractivity contribution < 1.29 is 26.7 Å². The van der Waals surface area contributed by atoms with Crippen LogP contribution in [0.15, 0.2) is 24.3 Å². The number of carbonyl (C=O) groups is 1. The van der Waals surface area contributed by atoms with Gasteiger partial charge in [0.2, 0.25) is 5.82 Å². The monoisotopic (exact) mass is 315 g/mol. The van der Waals surface area contributed by atoms with E-state index in [-0.39, 0.29) is 5.56 Å². The van der Waals surface area contributed by atoms with Gasteiger partial charge >= 0.3 is 0 Å². The van der Waals surface area contributed by atoms with Gasteiger partial charge in [-0.3, -0.25) is 4.79 Å². The van der Waals surface area contributed by atoms with Gasteiger partial charge in [0, 0.05) is 25.3 Å². The first kappa shape index (κ1) is 15.9. The van der Waals surface area contributed by atoms with Gasteiger partial charge < -0.3 is 4.90 Å². The fourth-order valence-corrected chi connectivity index (χ4v) is 1.86. The molecule has 2 aromatic carbocycles. The number of nitrogens with zero attached hydrogens (tertiary/aromatic N) is 1. The van der Waals surface area contributed by atoms with Crippen LogP contribution in [0.25, 0.3) is 0 Å². The van der Waals surface area contributed by atoms with Gasteiger partial charge in [0.05, 0.1) is 0 Å². The number of hydrogen-bond acceptors (Lipinski definition) is 2. The van der Waals surface area contributed by atoms with E-state index in [1.54, 1.807) is 19.0 Å². The number of hydrogen-bond donors (Lipinski definition) is 0. The minimum Gasteiger partial charge on any atom is -0.378 e. The normalized spacial score (nSPS) is 10.7. The van der Waals surface area contributed by atoms with Crippen LogP contribution in [0.5, 0.6) is 0 Å². The minimum atomic E-state index is -2.30. The molecule has 2 nitrogen and oxygen atoms in total. The van der Waals surface area contributed by atoms with Crippen molar-refractivity contribution >= 4 is 11.5 Å². The SMILES string of the molecule is CN(C)c1ccc(C(=O)c2c(F)c(F)c(F)c(F)c2F)cc1. The van der Waals surface area contributed by atoms with E-state index in [0.717, 1.165) is 0 Å². The van der Waals surface area contributed by atoms with E-state index in [0.29, 0.717) is 5.69 Å². The van der Waals surface area contributed by atoms with Gasteiger partial charge in [0.15, 0.2) is 29.1 Å². The van der Waals surface area contributed by atoms with Gasteiger partial charge in [-0.05, 0) is 24.3 Å². The summed E-state index contributed by atoms with van der Waals surface area (Å²) in [5.74, 6) is -12.1. The first-order valence-electron chi connectivity index (χ1n) is 6.09. The highest BCUT2D eigenvalue weighted by atomic mass is 19.2. The van der Waals surface area contributed by atoms with E-state index in [1.165, 1.54) is 24.3 Å². The van der Waals surface area contributed by atoms with Crippen molar-refractivity contribution in [1.82, 2.24) is 0 Å². The van der Waals surface area contributed by atoms with Crippen molar-refractivity contribution in [3.8, 4) is 0 Å². The fourth-order valence-electron chi connectivity index (χ4n) is 1.86. The summed E-state index contributed by atoms with van der Waals surface area (Å²) in [7, 11) is 3.47. The molecular weight excluding hydrogens is 305 g/mol. The third-order valence-electron chi connectivity index (χ3n) is 3.08. The Labute approximate surface area is 122 Å². The zero-order chi connectivity index (χ0) is 16.6. The molecule has 22 heavy (non-hydrogen) atoms. The zero-order valence-electron chi connectivity index (χ0n) is 11.6. The van der Waals surface area contributed by atoms with Crippen LogP contribution in [0.2, 0.25) is 0 Å². The van der Waals surface area contributed by atoms with Gasteiger partial charge in [-0.2, -0.15) is 0 Å². The molecule has 0 heterocycles. The summed E-state index contributed by atoms with van der Waals surface area (Å²) in [6.07, 6.45) is 0. The average molecular weight is 315 g/mol. The predicted octanol–water partition coefficient (Wildman–Crippen LogP) is 3.68. The highest BCUT2D eigenvalue weighted by molar-refractivity contribution is 6.09. The van der Waals surface area contributed by atoms with Crippen molar-refractivity contribution in [3.63, 3.8) is 0 Å². The van der Waals surface area contributed by atoms with Crippen LogP contribution in [-0.2, 0) is 0 Å². The van der Waals surface area contributed by atoms with Crippen molar-refractivity contribution in [2.24, 2.45) is 0 Å². The largest absolute Gasteiger partial charge is 0.378 e. The summed E-state index contributed by atoms with van der Waals surface area (Å²) in [5.41, 5.74) is -0.947. The predicted molar refractivity (Wildman–Crippen MR) is 70.4 cm³/mol. The molecule has 0 aliphatic carbocycles. The topological polar surface area (TPSA) is 20.3 Å². The first-order valence-corrected chi connectivity index (χ1v) is 6.09. The Hall–Kier alpha value is -2.44. The molecule has 0 aromatic heterocycles. The summed E-state index contributed by atoms with van der Waals surface area (Å²) in [6.45, 7) is 0. The van der Waals surface area contributed by atoms with Crippen LogP contribution < -0.4 is 4.90 Å².